The molecule has 0 unspecified atom stereocenters. The van der Waals surface area contributed by atoms with E-state index in [1.165, 1.54) is 6.20 Å². The van der Waals surface area contributed by atoms with E-state index in [1.807, 2.05) is 0 Å². The van der Waals surface area contributed by atoms with E-state index in [0.29, 0.717) is 15.1 Å². The van der Waals surface area contributed by atoms with Gasteiger partial charge in [-0.15, -0.1) is 0 Å². The molecule has 0 aliphatic heterocycles. The molecule has 2 rings (SSSR count). The molecular weight excluding hydrogens is 341 g/mol. The lowest BCUT2D eigenvalue weighted by atomic mass is 10.3. The summed E-state index contributed by atoms with van der Waals surface area (Å²) >= 11 is 3.95. The van der Waals surface area contributed by atoms with Crippen LogP contribution in [-0.4, -0.2) is 4.98 Å². The summed E-state index contributed by atoms with van der Waals surface area (Å²) in [6.45, 7) is 0. The third-order valence-electron chi connectivity index (χ3n) is 2.22. The van der Waals surface area contributed by atoms with Gasteiger partial charge in [0.2, 0.25) is 0 Å². The smallest absolute Gasteiger partial charge is 0.399 e. The zero-order valence-electron chi connectivity index (χ0n) is 9.41. The molecule has 0 saturated heterocycles. The van der Waals surface area contributed by atoms with E-state index in [4.69, 9.17) is 5.73 Å². The number of nitrogens with two attached hydrogens (primary N) is 1. The van der Waals surface area contributed by atoms with Gasteiger partial charge < -0.3 is 5.73 Å². The zero-order valence-corrected chi connectivity index (χ0v) is 11.8. The van der Waals surface area contributed by atoms with Crippen LogP contribution in [0.5, 0.6) is 0 Å². The summed E-state index contributed by atoms with van der Waals surface area (Å²) in [6.07, 6.45) is -3.10. The Kier molecular flexibility index (Phi) is 4.05. The molecule has 2 nitrogen and oxygen atoms in total. The Balaban J connectivity index is 2.37. The van der Waals surface area contributed by atoms with Gasteiger partial charge in [-0.25, -0.2) is 4.98 Å². The second-order valence-electron chi connectivity index (χ2n) is 3.68. The Bertz CT molecular complexity index is 585. The summed E-state index contributed by atoms with van der Waals surface area (Å²) in [5, 5.41) is -0.0829. The number of aromatic nitrogens is 1. The van der Waals surface area contributed by atoms with E-state index >= 15 is 0 Å². The van der Waals surface area contributed by atoms with Crippen molar-refractivity contribution in [1.82, 2.24) is 4.98 Å². The van der Waals surface area contributed by atoms with Gasteiger partial charge in [0.05, 0.1) is 5.56 Å². The van der Waals surface area contributed by atoms with Crippen LogP contribution in [0.3, 0.4) is 0 Å². The Morgan fingerprint density at radius 1 is 1.16 bits per heavy atom. The summed E-state index contributed by atoms with van der Waals surface area (Å²) in [5.41, 5.74) is 5.33. The van der Waals surface area contributed by atoms with Crippen LogP contribution in [0.25, 0.3) is 0 Å². The Labute approximate surface area is 120 Å². The van der Waals surface area contributed by atoms with Gasteiger partial charge in [-0.2, -0.15) is 13.2 Å². The standard InChI is InChI=1S/C12H8BrF3N2S/c13-7-5-10(12(14,15)16)11(18-6-7)19-9-3-1-8(17)2-4-9/h1-6H,17H2. The average molecular weight is 349 g/mol. The van der Waals surface area contributed by atoms with Gasteiger partial charge in [-0.3, -0.25) is 0 Å². The molecule has 1 aromatic heterocycles. The zero-order chi connectivity index (χ0) is 14.0. The molecule has 0 spiro atoms. The normalized spacial score (nSPS) is 11.6. The lowest BCUT2D eigenvalue weighted by Gasteiger charge is -2.11. The van der Waals surface area contributed by atoms with Gasteiger partial charge in [0.1, 0.15) is 5.03 Å². The molecule has 100 valence electrons. The summed E-state index contributed by atoms with van der Waals surface area (Å²) in [5.74, 6) is 0. The first-order chi connectivity index (χ1) is 8.86. The molecule has 0 aliphatic carbocycles. The highest BCUT2D eigenvalue weighted by Crippen LogP contribution is 2.39. The number of benzene rings is 1. The van der Waals surface area contributed by atoms with Crippen LogP contribution in [0.2, 0.25) is 0 Å². The lowest BCUT2D eigenvalue weighted by Crippen LogP contribution is -2.08. The Morgan fingerprint density at radius 3 is 2.37 bits per heavy atom. The maximum Gasteiger partial charge on any atom is 0.419 e. The van der Waals surface area contributed by atoms with Crippen molar-refractivity contribution < 1.29 is 13.2 Å². The van der Waals surface area contributed by atoms with Crippen molar-refractivity contribution in [3.8, 4) is 0 Å². The number of alkyl halides is 3. The minimum Gasteiger partial charge on any atom is -0.399 e. The maximum absolute atomic E-state index is 12.9. The number of hydrogen-bond acceptors (Lipinski definition) is 3. The third kappa shape index (κ3) is 3.63. The van der Waals surface area contributed by atoms with Crippen molar-refractivity contribution in [2.45, 2.75) is 16.1 Å². The summed E-state index contributed by atoms with van der Waals surface area (Å²) < 4.78 is 39.0. The van der Waals surface area contributed by atoms with Crippen molar-refractivity contribution in [2.24, 2.45) is 0 Å². The number of pyridine rings is 1. The highest BCUT2D eigenvalue weighted by Gasteiger charge is 2.34. The topological polar surface area (TPSA) is 38.9 Å². The molecule has 2 aromatic rings. The van der Waals surface area contributed by atoms with Crippen LogP contribution in [0.15, 0.2) is 50.9 Å². The van der Waals surface area contributed by atoms with E-state index in [9.17, 15) is 13.2 Å². The molecule has 7 heteroatoms. The van der Waals surface area contributed by atoms with Crippen LogP contribution < -0.4 is 5.73 Å². The minimum atomic E-state index is -4.44. The number of rotatable bonds is 2. The molecule has 0 atom stereocenters. The van der Waals surface area contributed by atoms with Crippen molar-refractivity contribution in [1.29, 1.82) is 0 Å². The van der Waals surface area contributed by atoms with Crippen LogP contribution in [0, 0.1) is 0 Å². The molecule has 0 amide bonds. The van der Waals surface area contributed by atoms with E-state index in [0.717, 1.165) is 17.8 Å². The first kappa shape index (κ1) is 14.2. The van der Waals surface area contributed by atoms with Crippen LogP contribution >= 0.6 is 27.7 Å². The van der Waals surface area contributed by atoms with Crippen molar-refractivity contribution in [3.63, 3.8) is 0 Å². The first-order valence-electron chi connectivity index (χ1n) is 5.12. The van der Waals surface area contributed by atoms with E-state index < -0.39 is 11.7 Å². The summed E-state index contributed by atoms with van der Waals surface area (Å²) in [4.78, 5) is 4.47. The predicted molar refractivity (Wildman–Crippen MR) is 71.9 cm³/mol. The number of hydrogen-bond donors (Lipinski definition) is 1. The second kappa shape index (κ2) is 5.42. The average Bonchev–Trinajstić information content (AvgIpc) is 2.33. The molecule has 0 saturated carbocycles. The molecule has 0 fully saturated rings. The first-order valence-corrected chi connectivity index (χ1v) is 6.73. The summed E-state index contributed by atoms with van der Waals surface area (Å²) in [6, 6.07) is 7.60. The van der Waals surface area contributed by atoms with E-state index in [-0.39, 0.29) is 5.03 Å². The number of nitrogen functional groups attached to an aromatic ring is 1. The maximum atomic E-state index is 12.9. The van der Waals surface area contributed by atoms with Gasteiger partial charge in [-0.05, 0) is 46.3 Å². The van der Waals surface area contributed by atoms with Gasteiger partial charge in [0, 0.05) is 21.3 Å². The third-order valence-corrected chi connectivity index (χ3v) is 3.68. The minimum absolute atomic E-state index is 0.0829. The fraction of sp³-hybridized carbons (Fsp3) is 0.0833. The van der Waals surface area contributed by atoms with E-state index in [1.54, 1.807) is 24.3 Å². The largest absolute Gasteiger partial charge is 0.419 e. The SMILES string of the molecule is Nc1ccc(Sc2ncc(Br)cc2C(F)(F)F)cc1. The van der Waals surface area contributed by atoms with Gasteiger partial charge in [0.15, 0.2) is 0 Å². The quantitative estimate of drug-likeness (QED) is 0.806. The number of nitrogens with zero attached hydrogens (tertiary/aromatic N) is 1. The van der Waals surface area contributed by atoms with Crippen molar-refractivity contribution in [3.05, 3.63) is 46.6 Å². The summed E-state index contributed by atoms with van der Waals surface area (Å²) in [7, 11) is 0. The van der Waals surface area contributed by atoms with Crippen LogP contribution in [-0.2, 0) is 6.18 Å². The molecule has 1 heterocycles. The van der Waals surface area contributed by atoms with E-state index in [2.05, 4.69) is 20.9 Å². The Hall–Kier alpha value is -1.21. The van der Waals surface area contributed by atoms with Gasteiger partial charge in [-0.1, -0.05) is 11.8 Å². The molecule has 19 heavy (non-hydrogen) atoms. The highest BCUT2D eigenvalue weighted by atomic mass is 79.9. The molecule has 0 aliphatic rings. The number of anilines is 1. The fourth-order valence-corrected chi connectivity index (χ4v) is 2.58. The van der Waals surface area contributed by atoms with Gasteiger partial charge in [0.25, 0.3) is 0 Å². The van der Waals surface area contributed by atoms with Crippen molar-refractivity contribution in [2.75, 3.05) is 5.73 Å². The highest BCUT2D eigenvalue weighted by molar-refractivity contribution is 9.10. The molecule has 1 aromatic carbocycles. The fourth-order valence-electron chi connectivity index (χ4n) is 1.36. The predicted octanol–water partition coefficient (Wildman–Crippen LogP) is 4.60. The van der Waals surface area contributed by atoms with Gasteiger partial charge >= 0.3 is 6.18 Å². The molecule has 2 N–H and O–H groups in total. The van der Waals surface area contributed by atoms with Crippen molar-refractivity contribution >= 4 is 33.4 Å². The van der Waals surface area contributed by atoms with Crippen LogP contribution in [0.1, 0.15) is 5.56 Å². The molecule has 0 bridgehead atoms. The second-order valence-corrected chi connectivity index (χ2v) is 5.65. The number of halogens is 4. The Morgan fingerprint density at radius 2 is 1.79 bits per heavy atom. The lowest BCUT2D eigenvalue weighted by molar-refractivity contribution is -0.140. The molecule has 0 radical (unpaired) electrons. The van der Waals surface area contributed by atoms with Crippen LogP contribution in [0.4, 0.5) is 18.9 Å². The monoisotopic (exact) mass is 348 g/mol. The molecular formula is C12H8BrF3N2S.